The first-order valence-corrected chi connectivity index (χ1v) is 7.95. The van der Waals surface area contributed by atoms with Crippen molar-refractivity contribution in [3.05, 3.63) is 22.9 Å². The van der Waals surface area contributed by atoms with E-state index in [1.54, 1.807) is 10.7 Å². The molecule has 0 spiro atoms. The molecule has 0 radical (unpaired) electrons. The van der Waals surface area contributed by atoms with E-state index in [1.807, 2.05) is 19.3 Å². The van der Waals surface area contributed by atoms with Gasteiger partial charge < -0.3 is 10.6 Å². The number of aromatic nitrogens is 3. The van der Waals surface area contributed by atoms with Gasteiger partial charge in [0.2, 0.25) is 0 Å². The summed E-state index contributed by atoms with van der Waals surface area (Å²) in [4.78, 5) is 4.30. The van der Waals surface area contributed by atoms with Crippen molar-refractivity contribution in [3.8, 4) is 0 Å². The topological polar surface area (TPSA) is 54.2 Å². The van der Waals surface area contributed by atoms with E-state index < -0.39 is 0 Å². The van der Waals surface area contributed by atoms with Gasteiger partial charge in [0.05, 0.1) is 10.7 Å². The lowest BCUT2D eigenvalue weighted by molar-refractivity contribution is 0.551. The minimum Gasteiger partial charge on any atom is -0.373 e. The summed E-state index contributed by atoms with van der Waals surface area (Å²) < 4.78 is 2.62. The van der Waals surface area contributed by atoms with Crippen LogP contribution in [-0.4, -0.2) is 34.2 Å². The fraction of sp³-hybridized carbons (Fsp3) is 0.571. The molecule has 1 atom stereocenters. The highest BCUT2D eigenvalue weighted by Gasteiger charge is 2.11. The molecule has 1 unspecified atom stereocenters. The fourth-order valence-corrected chi connectivity index (χ4v) is 2.69. The van der Waals surface area contributed by atoms with Gasteiger partial charge in [-0.15, -0.1) is 0 Å². The number of nitrogens with one attached hydrogen (secondary N) is 2. The van der Waals surface area contributed by atoms with E-state index in [4.69, 9.17) is 0 Å². The van der Waals surface area contributed by atoms with Crippen molar-refractivity contribution in [3.63, 3.8) is 0 Å². The van der Waals surface area contributed by atoms with Crippen LogP contribution < -0.4 is 10.6 Å². The third kappa shape index (κ3) is 3.93. The summed E-state index contributed by atoms with van der Waals surface area (Å²) >= 11 is 3.36. The average Bonchev–Trinajstić information content (AvgIpc) is 3.10. The molecule has 20 heavy (non-hydrogen) atoms. The molecule has 1 fully saturated rings. The normalized spacial score (nSPS) is 17.9. The first-order chi connectivity index (χ1) is 9.74. The van der Waals surface area contributed by atoms with E-state index in [9.17, 15) is 0 Å². The zero-order chi connectivity index (χ0) is 14.4. The molecule has 1 aliphatic heterocycles. The maximum absolute atomic E-state index is 4.30. The predicted octanol–water partition coefficient (Wildman–Crippen LogP) is 3.07. The van der Waals surface area contributed by atoms with Gasteiger partial charge in [-0.3, -0.25) is 0 Å². The van der Waals surface area contributed by atoms with Crippen molar-refractivity contribution in [1.29, 1.82) is 0 Å². The lowest BCUT2D eigenvalue weighted by Crippen LogP contribution is -2.20. The molecule has 3 rings (SSSR count). The van der Waals surface area contributed by atoms with Crippen LogP contribution in [0.2, 0.25) is 0 Å². The first kappa shape index (κ1) is 15.3. The fourth-order valence-electron chi connectivity index (χ4n) is 2.33. The van der Waals surface area contributed by atoms with Crippen LogP contribution in [0.3, 0.4) is 0 Å². The van der Waals surface area contributed by atoms with Crippen molar-refractivity contribution in [1.82, 2.24) is 19.9 Å². The summed E-state index contributed by atoms with van der Waals surface area (Å²) in [5.74, 6) is 0.837. The lowest BCUT2D eigenvalue weighted by Gasteiger charge is -2.05. The number of halogens is 1. The van der Waals surface area contributed by atoms with Gasteiger partial charge in [-0.05, 0) is 47.8 Å². The lowest BCUT2D eigenvalue weighted by atomic mass is 10.1. The number of rotatable bonds is 3. The molecule has 0 amide bonds. The number of nitrogens with zero attached hydrogens (tertiary/aromatic N) is 3. The molecule has 2 N–H and O–H groups in total. The Morgan fingerprint density at radius 1 is 1.55 bits per heavy atom. The van der Waals surface area contributed by atoms with Gasteiger partial charge in [0.1, 0.15) is 5.82 Å². The first-order valence-electron chi connectivity index (χ1n) is 7.15. The van der Waals surface area contributed by atoms with E-state index in [2.05, 4.69) is 43.6 Å². The van der Waals surface area contributed by atoms with E-state index in [-0.39, 0.29) is 0 Å². The molecule has 0 saturated carbocycles. The molecule has 1 aliphatic rings. The van der Waals surface area contributed by atoms with Gasteiger partial charge in [0.15, 0.2) is 5.65 Å². The zero-order valence-electron chi connectivity index (χ0n) is 12.1. The number of anilines is 1. The Kier molecular flexibility index (Phi) is 5.79. The number of fused-ring (bicyclic) bond motifs is 1. The highest BCUT2D eigenvalue weighted by Crippen LogP contribution is 2.16. The minimum atomic E-state index is 0.821. The molecule has 110 valence electrons. The van der Waals surface area contributed by atoms with Crippen molar-refractivity contribution in [2.24, 2.45) is 0 Å². The smallest absolute Gasteiger partial charge is 0.171 e. The summed E-state index contributed by atoms with van der Waals surface area (Å²) in [6.45, 7) is 3.50. The summed E-state index contributed by atoms with van der Waals surface area (Å²) in [6, 6.07) is 2.73. The van der Waals surface area contributed by atoms with Crippen LogP contribution in [-0.2, 0) is 0 Å². The van der Waals surface area contributed by atoms with Gasteiger partial charge >= 0.3 is 0 Å². The van der Waals surface area contributed by atoms with E-state index in [1.165, 1.54) is 32.2 Å². The Bertz CT molecular complexity index is 533. The van der Waals surface area contributed by atoms with Crippen molar-refractivity contribution >= 4 is 27.4 Å². The highest BCUT2D eigenvalue weighted by molar-refractivity contribution is 9.10. The van der Waals surface area contributed by atoms with Gasteiger partial charge in [-0.2, -0.15) is 5.10 Å². The van der Waals surface area contributed by atoms with Gasteiger partial charge in [0.25, 0.3) is 0 Å². The summed E-state index contributed by atoms with van der Waals surface area (Å²) in [7, 11) is 1.84. The third-order valence-electron chi connectivity index (χ3n) is 3.38. The van der Waals surface area contributed by atoms with Gasteiger partial charge in [0, 0.05) is 19.3 Å². The van der Waals surface area contributed by atoms with E-state index >= 15 is 0 Å². The standard InChI is InChI=1S/C7H7BrN4.C7H15N/c1-9-6-2-3-12-7(11-6)5(8)4-10-12;1-2-4-7-5-3-6-8-7/h2-4H,1H3,(H,9,11);7-8H,2-6H2,1H3. The third-order valence-corrected chi connectivity index (χ3v) is 3.94. The van der Waals surface area contributed by atoms with Crippen LogP contribution in [0, 0.1) is 0 Å². The second kappa shape index (κ2) is 7.59. The van der Waals surface area contributed by atoms with Crippen LogP contribution >= 0.6 is 15.9 Å². The van der Waals surface area contributed by atoms with Crippen LogP contribution in [0.15, 0.2) is 22.9 Å². The molecule has 5 nitrogen and oxygen atoms in total. The van der Waals surface area contributed by atoms with Crippen molar-refractivity contribution < 1.29 is 0 Å². The van der Waals surface area contributed by atoms with Crippen LogP contribution in [0.5, 0.6) is 0 Å². The Labute approximate surface area is 128 Å². The Morgan fingerprint density at radius 2 is 2.40 bits per heavy atom. The molecule has 0 aromatic carbocycles. The zero-order valence-corrected chi connectivity index (χ0v) is 13.7. The van der Waals surface area contributed by atoms with E-state index in [0.29, 0.717) is 0 Å². The van der Waals surface area contributed by atoms with Gasteiger partial charge in [-0.25, -0.2) is 9.50 Å². The van der Waals surface area contributed by atoms with Gasteiger partial charge in [-0.1, -0.05) is 13.3 Å². The Morgan fingerprint density at radius 3 is 3.05 bits per heavy atom. The van der Waals surface area contributed by atoms with Crippen LogP contribution in [0.25, 0.3) is 5.65 Å². The highest BCUT2D eigenvalue weighted by atomic mass is 79.9. The van der Waals surface area contributed by atoms with E-state index in [0.717, 1.165) is 22.0 Å². The maximum Gasteiger partial charge on any atom is 0.171 e. The quantitative estimate of drug-likeness (QED) is 0.902. The molecule has 0 bridgehead atoms. The SMILES string of the molecule is CCCC1CCCN1.CNc1ccn2ncc(Br)c2n1. The largest absolute Gasteiger partial charge is 0.373 e. The predicted molar refractivity (Wildman–Crippen MR) is 86.2 cm³/mol. The monoisotopic (exact) mass is 339 g/mol. The van der Waals surface area contributed by atoms with Crippen LogP contribution in [0.1, 0.15) is 32.6 Å². The average molecular weight is 340 g/mol. The molecular weight excluding hydrogens is 318 g/mol. The summed E-state index contributed by atoms with van der Waals surface area (Å²) in [6.07, 6.45) is 9.09. The molecule has 6 heteroatoms. The second-order valence-corrected chi connectivity index (χ2v) is 5.76. The van der Waals surface area contributed by atoms with Crippen LogP contribution in [0.4, 0.5) is 5.82 Å². The Balaban J connectivity index is 0.000000160. The summed E-state index contributed by atoms with van der Waals surface area (Å²) in [5.41, 5.74) is 0.821. The molecule has 2 aromatic heterocycles. The molecule has 2 aromatic rings. The molecular formula is C14H22BrN5. The molecule has 1 saturated heterocycles. The Hall–Kier alpha value is -1.14. The second-order valence-electron chi connectivity index (χ2n) is 4.91. The minimum absolute atomic E-state index is 0.821. The molecule has 3 heterocycles. The number of hydrogen-bond acceptors (Lipinski definition) is 4. The maximum atomic E-state index is 4.30. The van der Waals surface area contributed by atoms with Crippen molar-refractivity contribution in [2.75, 3.05) is 18.9 Å². The van der Waals surface area contributed by atoms with Crippen molar-refractivity contribution in [2.45, 2.75) is 38.6 Å². The number of hydrogen-bond donors (Lipinski definition) is 2. The summed E-state index contributed by atoms with van der Waals surface area (Å²) in [5, 5.41) is 10.5. The molecule has 0 aliphatic carbocycles.